The molecule has 66 valence electrons. The van der Waals surface area contributed by atoms with E-state index in [0.717, 1.165) is 5.56 Å². The van der Waals surface area contributed by atoms with E-state index in [4.69, 9.17) is 11.5 Å². The van der Waals surface area contributed by atoms with E-state index < -0.39 is 6.04 Å². The number of nitrogens with two attached hydrogens (primary N) is 2. The van der Waals surface area contributed by atoms with Crippen LogP contribution in [0.25, 0.3) is 0 Å². The average Bonchev–Trinajstić information content (AvgIpc) is 2.08. The molecule has 0 aliphatic heterocycles. The van der Waals surface area contributed by atoms with Crippen LogP contribution in [0.1, 0.15) is 17.2 Å². The van der Waals surface area contributed by atoms with Crippen molar-refractivity contribution in [1.29, 1.82) is 0 Å². The normalized spacial score (nSPS) is 13.0. The fourth-order valence-electron chi connectivity index (χ4n) is 1.07. The minimum absolute atomic E-state index is 0.264. The molecule has 0 amide bonds. The van der Waals surface area contributed by atoms with Gasteiger partial charge in [-0.25, -0.2) is 4.39 Å². The van der Waals surface area contributed by atoms with Gasteiger partial charge in [0.25, 0.3) is 0 Å². The quantitative estimate of drug-likeness (QED) is 0.694. The number of hydrogen-bond acceptors (Lipinski definition) is 2. The Bertz CT molecular complexity index is 273. The third-order valence-electron chi connectivity index (χ3n) is 1.80. The Morgan fingerprint density at radius 1 is 1.50 bits per heavy atom. The smallest absolute Gasteiger partial charge is 0.128 e. The standard InChI is InChI=1S/C9H13FN2/c1-6-2-3-8(10)7(4-6)9(12)5-11/h2-4,9H,5,11-12H2,1H3/t9-/m1/s1. The lowest BCUT2D eigenvalue weighted by molar-refractivity contribution is 0.583. The first-order chi connectivity index (χ1) is 5.65. The van der Waals surface area contributed by atoms with E-state index in [9.17, 15) is 4.39 Å². The predicted octanol–water partition coefficient (Wildman–Crippen LogP) is 1.09. The SMILES string of the molecule is Cc1ccc(F)c([C@H](N)CN)c1. The van der Waals surface area contributed by atoms with E-state index in [1.807, 2.05) is 6.92 Å². The number of benzene rings is 1. The van der Waals surface area contributed by atoms with Crippen LogP contribution < -0.4 is 11.5 Å². The molecule has 0 aromatic heterocycles. The van der Waals surface area contributed by atoms with E-state index in [1.165, 1.54) is 6.07 Å². The highest BCUT2D eigenvalue weighted by Gasteiger charge is 2.08. The summed E-state index contributed by atoms with van der Waals surface area (Å²) >= 11 is 0. The first-order valence-corrected chi connectivity index (χ1v) is 3.87. The Hall–Kier alpha value is -0.930. The summed E-state index contributed by atoms with van der Waals surface area (Å²) in [6.07, 6.45) is 0. The maximum absolute atomic E-state index is 13.1. The van der Waals surface area contributed by atoms with Crippen molar-refractivity contribution >= 4 is 0 Å². The monoisotopic (exact) mass is 168 g/mol. The van der Waals surface area contributed by atoms with Gasteiger partial charge >= 0.3 is 0 Å². The topological polar surface area (TPSA) is 52.0 Å². The summed E-state index contributed by atoms with van der Waals surface area (Å²) in [4.78, 5) is 0. The summed E-state index contributed by atoms with van der Waals surface area (Å²) in [5.74, 6) is -0.279. The van der Waals surface area contributed by atoms with Gasteiger partial charge in [0.05, 0.1) is 0 Å². The van der Waals surface area contributed by atoms with Crippen LogP contribution in [0.15, 0.2) is 18.2 Å². The molecule has 0 bridgehead atoms. The molecule has 4 N–H and O–H groups in total. The van der Waals surface area contributed by atoms with Gasteiger partial charge in [0.1, 0.15) is 5.82 Å². The Kier molecular flexibility index (Phi) is 2.78. The van der Waals surface area contributed by atoms with Crippen LogP contribution in [0, 0.1) is 12.7 Å². The summed E-state index contributed by atoms with van der Waals surface area (Å²) < 4.78 is 13.1. The fraction of sp³-hybridized carbons (Fsp3) is 0.333. The molecule has 12 heavy (non-hydrogen) atoms. The first kappa shape index (κ1) is 9.16. The molecule has 0 radical (unpaired) electrons. The highest BCUT2D eigenvalue weighted by atomic mass is 19.1. The largest absolute Gasteiger partial charge is 0.329 e. The molecule has 0 saturated carbocycles. The van der Waals surface area contributed by atoms with Crippen LogP contribution >= 0.6 is 0 Å². The minimum atomic E-state index is -0.398. The second-order valence-electron chi connectivity index (χ2n) is 2.87. The van der Waals surface area contributed by atoms with Gasteiger partial charge in [-0.2, -0.15) is 0 Å². The molecular formula is C9H13FN2. The molecule has 1 rings (SSSR count). The average molecular weight is 168 g/mol. The van der Waals surface area contributed by atoms with Crippen molar-refractivity contribution < 1.29 is 4.39 Å². The van der Waals surface area contributed by atoms with Gasteiger partial charge in [-0.15, -0.1) is 0 Å². The molecule has 0 heterocycles. The molecule has 3 heteroatoms. The van der Waals surface area contributed by atoms with E-state index in [1.54, 1.807) is 12.1 Å². The van der Waals surface area contributed by atoms with Crippen LogP contribution in [0.2, 0.25) is 0 Å². The molecule has 0 fully saturated rings. The van der Waals surface area contributed by atoms with Crippen LogP contribution in [0.4, 0.5) is 4.39 Å². The molecule has 1 aromatic carbocycles. The van der Waals surface area contributed by atoms with E-state index in [2.05, 4.69) is 0 Å². The molecule has 0 aliphatic rings. The predicted molar refractivity (Wildman–Crippen MR) is 47.1 cm³/mol. The molecule has 0 saturated heterocycles. The van der Waals surface area contributed by atoms with E-state index in [-0.39, 0.29) is 12.4 Å². The summed E-state index contributed by atoms with van der Waals surface area (Å²) in [7, 11) is 0. The Balaban J connectivity index is 3.04. The summed E-state index contributed by atoms with van der Waals surface area (Å²) in [5, 5.41) is 0. The summed E-state index contributed by atoms with van der Waals surface area (Å²) in [5.41, 5.74) is 12.4. The molecule has 0 spiro atoms. The fourth-order valence-corrected chi connectivity index (χ4v) is 1.07. The lowest BCUT2D eigenvalue weighted by atomic mass is 10.0. The number of aryl methyl sites for hydroxylation is 1. The Morgan fingerprint density at radius 2 is 2.17 bits per heavy atom. The van der Waals surface area contributed by atoms with E-state index in [0.29, 0.717) is 5.56 Å². The lowest BCUT2D eigenvalue weighted by Crippen LogP contribution is -2.21. The van der Waals surface area contributed by atoms with E-state index >= 15 is 0 Å². The first-order valence-electron chi connectivity index (χ1n) is 3.87. The number of hydrogen-bond donors (Lipinski definition) is 2. The molecular weight excluding hydrogens is 155 g/mol. The second kappa shape index (κ2) is 3.65. The van der Waals surface area contributed by atoms with Gasteiger partial charge in [0.15, 0.2) is 0 Å². The zero-order chi connectivity index (χ0) is 9.14. The molecule has 1 atom stereocenters. The van der Waals surface area contributed by atoms with Crippen molar-refractivity contribution in [2.24, 2.45) is 11.5 Å². The third-order valence-corrected chi connectivity index (χ3v) is 1.80. The minimum Gasteiger partial charge on any atom is -0.329 e. The van der Waals surface area contributed by atoms with Crippen LogP contribution in [0.5, 0.6) is 0 Å². The van der Waals surface area contributed by atoms with Crippen LogP contribution in [0.3, 0.4) is 0 Å². The maximum Gasteiger partial charge on any atom is 0.128 e. The second-order valence-corrected chi connectivity index (χ2v) is 2.87. The van der Waals surface area contributed by atoms with Gasteiger partial charge < -0.3 is 11.5 Å². The van der Waals surface area contributed by atoms with Crippen molar-refractivity contribution in [1.82, 2.24) is 0 Å². The summed E-state index contributed by atoms with van der Waals surface area (Å²) in [6, 6.07) is 4.46. The Labute approximate surface area is 71.4 Å². The van der Waals surface area contributed by atoms with Crippen LogP contribution in [-0.4, -0.2) is 6.54 Å². The van der Waals surface area contributed by atoms with Crippen LogP contribution in [-0.2, 0) is 0 Å². The van der Waals surface area contributed by atoms with Crippen molar-refractivity contribution in [2.45, 2.75) is 13.0 Å². The molecule has 0 aliphatic carbocycles. The summed E-state index contributed by atoms with van der Waals surface area (Å²) in [6.45, 7) is 2.16. The van der Waals surface area contributed by atoms with Crippen molar-refractivity contribution in [2.75, 3.05) is 6.54 Å². The van der Waals surface area contributed by atoms with Gasteiger partial charge in [0.2, 0.25) is 0 Å². The van der Waals surface area contributed by atoms with Crippen molar-refractivity contribution in [3.63, 3.8) is 0 Å². The molecule has 0 unspecified atom stereocenters. The molecule has 2 nitrogen and oxygen atoms in total. The van der Waals surface area contributed by atoms with Crippen molar-refractivity contribution in [3.05, 3.63) is 35.1 Å². The number of rotatable bonds is 2. The number of halogens is 1. The van der Waals surface area contributed by atoms with Gasteiger partial charge in [-0.1, -0.05) is 17.7 Å². The highest BCUT2D eigenvalue weighted by Crippen LogP contribution is 2.15. The van der Waals surface area contributed by atoms with Gasteiger partial charge in [0, 0.05) is 18.2 Å². The zero-order valence-corrected chi connectivity index (χ0v) is 7.05. The third kappa shape index (κ3) is 1.81. The lowest BCUT2D eigenvalue weighted by Gasteiger charge is -2.10. The highest BCUT2D eigenvalue weighted by molar-refractivity contribution is 5.26. The van der Waals surface area contributed by atoms with Crippen molar-refractivity contribution in [3.8, 4) is 0 Å². The Morgan fingerprint density at radius 3 is 2.75 bits per heavy atom. The molecule has 1 aromatic rings. The van der Waals surface area contributed by atoms with Gasteiger partial charge in [-0.3, -0.25) is 0 Å². The van der Waals surface area contributed by atoms with Gasteiger partial charge in [-0.05, 0) is 13.0 Å². The zero-order valence-electron chi connectivity index (χ0n) is 7.05. The maximum atomic E-state index is 13.1.